The van der Waals surface area contributed by atoms with Crippen molar-refractivity contribution in [1.82, 2.24) is 9.78 Å². The highest BCUT2D eigenvalue weighted by molar-refractivity contribution is 7.89. The van der Waals surface area contributed by atoms with Crippen molar-refractivity contribution < 1.29 is 17.9 Å². The second-order valence-corrected chi connectivity index (χ2v) is 5.78. The smallest absolute Gasteiger partial charge is 0.356 e. The molecular weight excluding hydrogens is 294 g/mol. The van der Waals surface area contributed by atoms with Crippen LogP contribution in [0.3, 0.4) is 0 Å². The van der Waals surface area contributed by atoms with Crippen LogP contribution < -0.4 is 5.14 Å². The average Bonchev–Trinajstić information content (AvgIpc) is 2.84. The van der Waals surface area contributed by atoms with Gasteiger partial charge in [-0.25, -0.2) is 18.4 Å². The van der Waals surface area contributed by atoms with Crippen molar-refractivity contribution in [2.24, 2.45) is 5.14 Å². The number of ether oxygens (including phenoxy) is 1. The van der Waals surface area contributed by atoms with Crippen LogP contribution in [0, 0.1) is 0 Å². The molecule has 0 radical (unpaired) electrons. The first-order valence-corrected chi connectivity index (χ1v) is 7.78. The third kappa shape index (κ3) is 3.67. The summed E-state index contributed by atoms with van der Waals surface area (Å²) < 4.78 is 28.9. The fourth-order valence-electron chi connectivity index (χ4n) is 1.78. The van der Waals surface area contributed by atoms with Crippen LogP contribution in [-0.2, 0) is 21.3 Å². The number of sulfonamides is 1. The van der Waals surface area contributed by atoms with Gasteiger partial charge < -0.3 is 4.74 Å². The topological polar surface area (TPSA) is 104 Å². The summed E-state index contributed by atoms with van der Waals surface area (Å²) in [6, 6.07) is 10.3. The Morgan fingerprint density at radius 2 is 2.00 bits per heavy atom. The molecule has 0 aliphatic rings. The van der Waals surface area contributed by atoms with E-state index in [1.54, 1.807) is 6.92 Å². The van der Waals surface area contributed by atoms with E-state index < -0.39 is 16.0 Å². The number of nitrogens with zero attached hydrogens (tertiary/aromatic N) is 2. The van der Waals surface area contributed by atoms with Crippen LogP contribution >= 0.6 is 0 Å². The lowest BCUT2D eigenvalue weighted by Crippen LogP contribution is -2.15. The first-order valence-electron chi connectivity index (χ1n) is 6.23. The molecule has 0 spiro atoms. The van der Waals surface area contributed by atoms with Crippen LogP contribution in [0.1, 0.15) is 23.0 Å². The van der Waals surface area contributed by atoms with Crippen LogP contribution in [0.15, 0.2) is 41.4 Å². The second kappa shape index (κ2) is 6.06. The molecule has 1 heterocycles. The summed E-state index contributed by atoms with van der Waals surface area (Å²) in [6.45, 7) is 2.08. The van der Waals surface area contributed by atoms with Crippen molar-refractivity contribution in [2.45, 2.75) is 18.5 Å². The van der Waals surface area contributed by atoms with Gasteiger partial charge in [-0.05, 0) is 12.5 Å². The number of carbonyl (C=O) groups is 1. The van der Waals surface area contributed by atoms with Gasteiger partial charge in [0.05, 0.1) is 13.2 Å². The number of primary sulfonamides is 1. The third-order valence-corrected chi connectivity index (χ3v) is 3.49. The first-order chi connectivity index (χ1) is 9.91. The fraction of sp³-hybridized carbons (Fsp3) is 0.231. The zero-order valence-corrected chi connectivity index (χ0v) is 12.2. The number of esters is 1. The van der Waals surface area contributed by atoms with Crippen molar-refractivity contribution in [3.05, 3.63) is 47.7 Å². The van der Waals surface area contributed by atoms with Crippen molar-refractivity contribution in [3.63, 3.8) is 0 Å². The lowest BCUT2D eigenvalue weighted by Gasteiger charge is -2.06. The Bertz CT molecular complexity index is 738. The number of hydrogen-bond donors (Lipinski definition) is 1. The molecule has 112 valence electrons. The summed E-state index contributed by atoms with van der Waals surface area (Å²) in [5, 5.41) is 8.57. The molecule has 0 atom stereocenters. The number of benzene rings is 1. The van der Waals surface area contributed by atoms with Gasteiger partial charge in [0.2, 0.25) is 0 Å². The second-order valence-electron chi connectivity index (χ2n) is 4.28. The van der Waals surface area contributed by atoms with E-state index in [4.69, 9.17) is 9.88 Å². The standard InChI is InChI=1S/C13H15N3O4S/c1-2-20-13(17)11-8-12(21(14,18)19)15-16(11)9-10-6-4-3-5-7-10/h3-8H,2,9H2,1H3,(H2,14,18,19). The van der Waals surface area contributed by atoms with E-state index in [0.29, 0.717) is 0 Å². The molecule has 0 saturated heterocycles. The molecule has 0 bridgehead atoms. The molecule has 0 amide bonds. The summed E-state index contributed by atoms with van der Waals surface area (Å²) in [5.41, 5.74) is 0.914. The number of nitrogens with two attached hydrogens (primary N) is 1. The minimum atomic E-state index is -3.98. The molecule has 1 aromatic carbocycles. The van der Waals surface area contributed by atoms with E-state index >= 15 is 0 Å². The largest absolute Gasteiger partial charge is 0.461 e. The van der Waals surface area contributed by atoms with Gasteiger partial charge in [-0.1, -0.05) is 30.3 Å². The molecule has 0 aliphatic heterocycles. The maximum Gasteiger partial charge on any atom is 0.356 e. The van der Waals surface area contributed by atoms with Crippen LogP contribution in [-0.4, -0.2) is 30.8 Å². The van der Waals surface area contributed by atoms with Crippen molar-refractivity contribution in [2.75, 3.05) is 6.61 Å². The Morgan fingerprint density at radius 3 is 2.57 bits per heavy atom. The van der Waals surface area contributed by atoms with Crippen LogP contribution in [0.5, 0.6) is 0 Å². The van der Waals surface area contributed by atoms with Gasteiger partial charge in [-0.15, -0.1) is 0 Å². The van der Waals surface area contributed by atoms with Gasteiger partial charge in [0, 0.05) is 6.07 Å². The zero-order valence-electron chi connectivity index (χ0n) is 11.4. The highest BCUT2D eigenvalue weighted by Crippen LogP contribution is 2.13. The molecular formula is C13H15N3O4S. The highest BCUT2D eigenvalue weighted by Gasteiger charge is 2.21. The Kier molecular flexibility index (Phi) is 4.39. The molecule has 0 unspecified atom stereocenters. The first kappa shape index (κ1) is 15.2. The maximum absolute atomic E-state index is 11.9. The van der Waals surface area contributed by atoms with Gasteiger partial charge in [0.25, 0.3) is 10.0 Å². The third-order valence-electron chi connectivity index (χ3n) is 2.71. The Hall–Kier alpha value is -2.19. The number of rotatable bonds is 5. The molecule has 1 aromatic heterocycles. The lowest BCUT2D eigenvalue weighted by atomic mass is 10.2. The quantitative estimate of drug-likeness (QED) is 0.821. The number of aromatic nitrogens is 2. The fourth-order valence-corrected chi connectivity index (χ4v) is 2.27. The molecule has 2 aromatic rings. The van der Waals surface area contributed by atoms with Crippen LogP contribution in [0.4, 0.5) is 0 Å². The average molecular weight is 309 g/mol. The zero-order chi connectivity index (χ0) is 15.5. The molecule has 0 saturated carbocycles. The summed E-state index contributed by atoms with van der Waals surface area (Å²) in [4.78, 5) is 11.9. The van der Waals surface area contributed by atoms with E-state index in [2.05, 4.69) is 5.10 Å². The van der Waals surface area contributed by atoms with E-state index in [1.165, 1.54) is 4.68 Å². The molecule has 21 heavy (non-hydrogen) atoms. The molecule has 0 aliphatic carbocycles. The Morgan fingerprint density at radius 1 is 1.33 bits per heavy atom. The summed E-state index contributed by atoms with van der Waals surface area (Å²) in [5.74, 6) is -0.643. The predicted molar refractivity (Wildman–Crippen MR) is 75.1 cm³/mol. The van der Waals surface area contributed by atoms with Gasteiger partial charge in [-0.2, -0.15) is 5.10 Å². The van der Waals surface area contributed by atoms with Crippen molar-refractivity contribution in [3.8, 4) is 0 Å². The van der Waals surface area contributed by atoms with E-state index in [0.717, 1.165) is 11.6 Å². The maximum atomic E-state index is 11.9. The van der Waals surface area contributed by atoms with E-state index in [1.807, 2.05) is 30.3 Å². The molecule has 8 heteroatoms. The Balaban J connectivity index is 2.42. The van der Waals surface area contributed by atoms with E-state index in [9.17, 15) is 13.2 Å². The highest BCUT2D eigenvalue weighted by atomic mass is 32.2. The SMILES string of the molecule is CCOC(=O)c1cc(S(N)(=O)=O)nn1Cc1ccccc1. The number of hydrogen-bond acceptors (Lipinski definition) is 5. The Labute approximate surface area is 122 Å². The van der Waals surface area contributed by atoms with E-state index in [-0.39, 0.29) is 23.9 Å². The summed E-state index contributed by atoms with van der Waals surface area (Å²) in [7, 11) is -3.98. The number of carbonyl (C=O) groups excluding carboxylic acids is 1. The molecule has 7 nitrogen and oxygen atoms in total. The van der Waals surface area contributed by atoms with Crippen molar-refractivity contribution in [1.29, 1.82) is 0 Å². The minimum absolute atomic E-state index is 0.0460. The summed E-state index contributed by atoms with van der Waals surface area (Å²) >= 11 is 0. The van der Waals surface area contributed by atoms with Crippen LogP contribution in [0.25, 0.3) is 0 Å². The monoisotopic (exact) mass is 309 g/mol. The van der Waals surface area contributed by atoms with Gasteiger partial charge in [-0.3, -0.25) is 4.68 Å². The molecule has 2 N–H and O–H groups in total. The molecule has 2 rings (SSSR count). The van der Waals surface area contributed by atoms with Crippen LogP contribution in [0.2, 0.25) is 0 Å². The van der Waals surface area contributed by atoms with Crippen molar-refractivity contribution >= 4 is 16.0 Å². The normalized spacial score (nSPS) is 11.3. The van der Waals surface area contributed by atoms with Gasteiger partial charge in [0.1, 0.15) is 5.69 Å². The predicted octanol–water partition coefficient (Wildman–Crippen LogP) is 0.755. The lowest BCUT2D eigenvalue weighted by molar-refractivity contribution is 0.0512. The van der Waals surface area contributed by atoms with Gasteiger partial charge >= 0.3 is 5.97 Å². The summed E-state index contributed by atoms with van der Waals surface area (Å²) in [6.07, 6.45) is 0. The molecule has 0 fully saturated rings. The van der Waals surface area contributed by atoms with Gasteiger partial charge in [0.15, 0.2) is 5.03 Å². The minimum Gasteiger partial charge on any atom is -0.461 e.